The monoisotopic (exact) mass is 271 g/mol. The van der Waals surface area contributed by atoms with Crippen LogP contribution in [0.5, 0.6) is 0 Å². The van der Waals surface area contributed by atoms with Gasteiger partial charge in [-0.15, -0.1) is 0 Å². The maximum absolute atomic E-state index is 4.45. The van der Waals surface area contributed by atoms with Gasteiger partial charge >= 0.3 is 0 Å². The van der Waals surface area contributed by atoms with Crippen LogP contribution < -0.4 is 5.32 Å². The van der Waals surface area contributed by atoms with Gasteiger partial charge in [-0.3, -0.25) is 0 Å². The highest BCUT2D eigenvalue weighted by Crippen LogP contribution is 2.06. The molecule has 0 fully saturated rings. The van der Waals surface area contributed by atoms with Crippen molar-refractivity contribution < 1.29 is 0 Å². The lowest BCUT2D eigenvalue weighted by Crippen LogP contribution is -2.16. The van der Waals surface area contributed by atoms with Gasteiger partial charge in [-0.2, -0.15) is 0 Å². The zero-order valence-corrected chi connectivity index (χ0v) is 12.4. The van der Waals surface area contributed by atoms with E-state index in [1.54, 1.807) is 0 Å². The van der Waals surface area contributed by atoms with Crippen LogP contribution in [0.1, 0.15) is 31.0 Å². The minimum Gasteiger partial charge on any atom is -0.337 e. The fourth-order valence-electron chi connectivity index (χ4n) is 2.32. The van der Waals surface area contributed by atoms with Gasteiger partial charge in [0.1, 0.15) is 0 Å². The summed E-state index contributed by atoms with van der Waals surface area (Å²) in [5, 5.41) is 3.33. The average Bonchev–Trinajstić information content (AvgIpc) is 2.93. The summed E-state index contributed by atoms with van der Waals surface area (Å²) in [6.07, 6.45) is 8.77. The number of hydrogen-bond donors (Lipinski definition) is 1. The summed E-state index contributed by atoms with van der Waals surface area (Å²) in [6, 6.07) is 10.7. The maximum atomic E-state index is 4.45. The molecule has 0 saturated carbocycles. The van der Waals surface area contributed by atoms with Crippen LogP contribution in [0, 0.1) is 0 Å². The predicted molar refractivity (Wildman–Crippen MR) is 83.9 cm³/mol. The van der Waals surface area contributed by atoms with E-state index in [0.29, 0.717) is 0 Å². The number of benzene rings is 1. The smallest absolute Gasteiger partial charge is 0.0949 e. The van der Waals surface area contributed by atoms with Crippen LogP contribution in [0.25, 0.3) is 0 Å². The van der Waals surface area contributed by atoms with E-state index in [-0.39, 0.29) is 0 Å². The minimum absolute atomic E-state index is 1.02. The molecule has 0 bridgehead atoms. The van der Waals surface area contributed by atoms with E-state index in [1.165, 1.54) is 30.5 Å². The van der Waals surface area contributed by atoms with Crippen LogP contribution in [0.4, 0.5) is 0 Å². The molecule has 3 heteroatoms. The Bertz CT molecular complexity index is 476. The van der Waals surface area contributed by atoms with Gasteiger partial charge in [0.2, 0.25) is 0 Å². The molecule has 0 aliphatic rings. The first-order valence-corrected chi connectivity index (χ1v) is 7.64. The number of hydrogen-bond acceptors (Lipinski definition) is 2. The van der Waals surface area contributed by atoms with E-state index in [4.69, 9.17) is 0 Å². The number of nitrogens with zero attached hydrogens (tertiary/aromatic N) is 2. The lowest BCUT2D eigenvalue weighted by Gasteiger charge is -2.03. The Morgan fingerprint density at radius 1 is 1.10 bits per heavy atom. The third-order valence-corrected chi connectivity index (χ3v) is 3.47. The van der Waals surface area contributed by atoms with Crippen molar-refractivity contribution in [2.24, 2.45) is 0 Å². The van der Waals surface area contributed by atoms with Gasteiger partial charge in [0.25, 0.3) is 0 Å². The van der Waals surface area contributed by atoms with Gasteiger partial charge in [-0.1, -0.05) is 37.3 Å². The van der Waals surface area contributed by atoms with Crippen molar-refractivity contribution in [2.45, 2.75) is 39.2 Å². The number of rotatable bonds is 9. The molecular weight excluding hydrogens is 246 g/mol. The van der Waals surface area contributed by atoms with Gasteiger partial charge in [0.05, 0.1) is 12.0 Å². The number of nitrogens with one attached hydrogen (secondary N) is 1. The summed E-state index contributed by atoms with van der Waals surface area (Å²) < 4.78 is 2.21. The van der Waals surface area contributed by atoms with Crippen molar-refractivity contribution in [1.82, 2.24) is 14.9 Å². The van der Waals surface area contributed by atoms with Gasteiger partial charge in [0.15, 0.2) is 0 Å². The van der Waals surface area contributed by atoms with Crippen LogP contribution >= 0.6 is 0 Å². The lowest BCUT2D eigenvalue weighted by molar-refractivity contribution is 0.608. The molecule has 0 unspecified atom stereocenters. The van der Waals surface area contributed by atoms with E-state index >= 15 is 0 Å². The molecule has 1 aromatic carbocycles. The number of likely N-dealkylation sites (N-methyl/N-ethyl adjacent to an activating group) is 1. The molecule has 1 N–H and O–H groups in total. The SMILES string of the molecule is CCNCCc1cn(CCCCc2ccccc2)cn1. The molecular formula is C17H25N3. The first kappa shape index (κ1) is 14.8. The Hall–Kier alpha value is -1.61. The van der Waals surface area contributed by atoms with E-state index in [2.05, 4.69) is 58.3 Å². The highest BCUT2D eigenvalue weighted by atomic mass is 15.0. The summed E-state index contributed by atoms with van der Waals surface area (Å²) in [7, 11) is 0. The standard InChI is InChI=1S/C17H25N3/c1-2-18-12-11-17-14-20(15-19-17)13-7-6-10-16-8-4-3-5-9-16/h3-5,8-9,14-15,18H,2,6-7,10-13H2,1H3. The predicted octanol–water partition coefficient (Wildman–Crippen LogP) is 3.06. The molecule has 2 aromatic rings. The molecule has 20 heavy (non-hydrogen) atoms. The third kappa shape index (κ3) is 5.17. The van der Waals surface area contributed by atoms with E-state index < -0.39 is 0 Å². The fourth-order valence-corrected chi connectivity index (χ4v) is 2.32. The van der Waals surface area contributed by atoms with Crippen LogP contribution in [0.3, 0.4) is 0 Å². The Balaban J connectivity index is 1.64. The molecule has 0 spiro atoms. The molecule has 1 heterocycles. The summed E-state index contributed by atoms with van der Waals surface area (Å²) >= 11 is 0. The number of aromatic nitrogens is 2. The molecule has 0 aliphatic carbocycles. The minimum atomic E-state index is 1.02. The first-order valence-electron chi connectivity index (χ1n) is 7.64. The molecule has 0 radical (unpaired) electrons. The van der Waals surface area contributed by atoms with Crippen molar-refractivity contribution in [3.05, 3.63) is 54.1 Å². The second kappa shape index (κ2) is 8.54. The topological polar surface area (TPSA) is 29.9 Å². The molecule has 0 aliphatic heterocycles. The molecule has 0 saturated heterocycles. The van der Waals surface area contributed by atoms with Gasteiger partial charge in [-0.05, 0) is 31.4 Å². The fraction of sp³-hybridized carbons (Fsp3) is 0.471. The molecule has 1 aromatic heterocycles. The maximum Gasteiger partial charge on any atom is 0.0949 e. The summed E-state index contributed by atoms with van der Waals surface area (Å²) in [6.45, 7) is 5.24. The van der Waals surface area contributed by atoms with E-state index in [9.17, 15) is 0 Å². The van der Waals surface area contributed by atoms with E-state index in [1.807, 2.05) is 6.33 Å². The van der Waals surface area contributed by atoms with Crippen molar-refractivity contribution in [1.29, 1.82) is 0 Å². The summed E-state index contributed by atoms with van der Waals surface area (Å²) in [5.41, 5.74) is 2.62. The van der Waals surface area contributed by atoms with Crippen molar-refractivity contribution >= 4 is 0 Å². The molecule has 2 rings (SSSR count). The Morgan fingerprint density at radius 2 is 1.95 bits per heavy atom. The second-order valence-corrected chi connectivity index (χ2v) is 5.15. The zero-order valence-electron chi connectivity index (χ0n) is 12.4. The lowest BCUT2D eigenvalue weighted by atomic mass is 10.1. The van der Waals surface area contributed by atoms with Gasteiger partial charge in [0, 0.05) is 25.7 Å². The van der Waals surface area contributed by atoms with Crippen LogP contribution in [0.15, 0.2) is 42.9 Å². The normalized spacial score (nSPS) is 10.8. The molecule has 0 atom stereocenters. The van der Waals surface area contributed by atoms with Gasteiger partial charge < -0.3 is 9.88 Å². The number of imidazole rings is 1. The van der Waals surface area contributed by atoms with Crippen LogP contribution in [-0.4, -0.2) is 22.6 Å². The molecule has 3 nitrogen and oxygen atoms in total. The Morgan fingerprint density at radius 3 is 2.75 bits per heavy atom. The first-order chi connectivity index (χ1) is 9.88. The number of aryl methyl sites for hydroxylation is 2. The average molecular weight is 271 g/mol. The summed E-state index contributed by atoms with van der Waals surface area (Å²) in [4.78, 5) is 4.45. The third-order valence-electron chi connectivity index (χ3n) is 3.47. The molecule has 0 amide bonds. The quantitative estimate of drug-likeness (QED) is 0.710. The van der Waals surface area contributed by atoms with Gasteiger partial charge in [-0.25, -0.2) is 4.98 Å². The van der Waals surface area contributed by atoms with Crippen LogP contribution in [0.2, 0.25) is 0 Å². The van der Waals surface area contributed by atoms with Crippen LogP contribution in [-0.2, 0) is 19.4 Å². The van der Waals surface area contributed by atoms with Crippen molar-refractivity contribution in [3.8, 4) is 0 Å². The second-order valence-electron chi connectivity index (χ2n) is 5.15. The number of unbranched alkanes of at least 4 members (excludes halogenated alkanes) is 1. The van der Waals surface area contributed by atoms with Crippen molar-refractivity contribution in [3.63, 3.8) is 0 Å². The Kier molecular flexibility index (Phi) is 6.32. The highest BCUT2D eigenvalue weighted by Gasteiger charge is 1.99. The highest BCUT2D eigenvalue weighted by molar-refractivity contribution is 5.14. The zero-order chi connectivity index (χ0) is 14.0. The van der Waals surface area contributed by atoms with E-state index in [0.717, 1.165) is 26.1 Å². The summed E-state index contributed by atoms with van der Waals surface area (Å²) in [5.74, 6) is 0. The van der Waals surface area contributed by atoms with Crippen molar-refractivity contribution in [2.75, 3.05) is 13.1 Å². The Labute approximate surface area is 122 Å². The molecule has 108 valence electrons. The largest absolute Gasteiger partial charge is 0.337 e.